The van der Waals surface area contributed by atoms with Crippen molar-refractivity contribution in [3.63, 3.8) is 0 Å². The Morgan fingerprint density at radius 1 is 1.55 bits per heavy atom. The quantitative estimate of drug-likeness (QED) is 0.601. The molecule has 9 nitrogen and oxygen atoms in total. The summed E-state index contributed by atoms with van der Waals surface area (Å²) >= 11 is 0. The Labute approximate surface area is 114 Å². The summed E-state index contributed by atoms with van der Waals surface area (Å²) in [5.41, 5.74) is 0.396. The maximum Gasteiger partial charge on any atom is 0.331 e. The van der Waals surface area contributed by atoms with Crippen LogP contribution in [0.3, 0.4) is 0 Å². The van der Waals surface area contributed by atoms with E-state index in [1.54, 1.807) is 19.4 Å². The Morgan fingerprint density at radius 2 is 2.35 bits per heavy atom. The van der Waals surface area contributed by atoms with Gasteiger partial charge in [-0.15, -0.1) is 0 Å². The van der Waals surface area contributed by atoms with Gasteiger partial charge in [0.25, 0.3) is 0 Å². The van der Waals surface area contributed by atoms with Gasteiger partial charge in [-0.1, -0.05) is 0 Å². The number of carbonyl (C=O) groups is 2. The molecule has 1 atom stereocenters. The Hall–Kier alpha value is -2.84. The van der Waals surface area contributed by atoms with E-state index in [-0.39, 0.29) is 6.54 Å². The molecule has 1 unspecified atom stereocenters. The first-order valence-corrected chi connectivity index (χ1v) is 5.80. The number of aromatic nitrogens is 4. The van der Waals surface area contributed by atoms with E-state index < -0.39 is 18.0 Å². The fourth-order valence-corrected chi connectivity index (χ4v) is 1.62. The van der Waals surface area contributed by atoms with Crippen LogP contribution in [0.25, 0.3) is 0 Å². The van der Waals surface area contributed by atoms with E-state index >= 15 is 0 Å². The lowest BCUT2D eigenvalue weighted by atomic mass is 10.1. The van der Waals surface area contributed by atoms with Crippen LogP contribution in [0.2, 0.25) is 0 Å². The molecule has 2 amide bonds. The molecule has 0 radical (unpaired) electrons. The van der Waals surface area contributed by atoms with Crippen LogP contribution < -0.4 is 10.6 Å². The van der Waals surface area contributed by atoms with E-state index in [1.807, 2.05) is 0 Å². The molecule has 0 aliphatic rings. The number of aliphatic carboxylic acids is 1. The van der Waals surface area contributed by atoms with Crippen molar-refractivity contribution in [2.45, 2.75) is 12.6 Å². The molecule has 2 aromatic heterocycles. The van der Waals surface area contributed by atoms with E-state index in [9.17, 15) is 9.59 Å². The zero-order valence-corrected chi connectivity index (χ0v) is 10.7. The molecule has 20 heavy (non-hydrogen) atoms. The number of carboxylic acid groups (broad SMARTS) is 1. The first-order valence-electron chi connectivity index (χ1n) is 5.80. The molecule has 2 aromatic rings. The van der Waals surface area contributed by atoms with Crippen LogP contribution in [0, 0.1) is 0 Å². The molecule has 9 heteroatoms. The van der Waals surface area contributed by atoms with E-state index in [0.717, 1.165) is 0 Å². The van der Waals surface area contributed by atoms with Gasteiger partial charge in [0.15, 0.2) is 6.04 Å². The van der Waals surface area contributed by atoms with Crippen molar-refractivity contribution in [2.75, 3.05) is 0 Å². The largest absolute Gasteiger partial charge is 0.479 e. The lowest BCUT2D eigenvalue weighted by Gasteiger charge is -2.13. The topological polar surface area (TPSA) is 125 Å². The molecule has 0 saturated carbocycles. The number of aromatic amines is 1. The van der Waals surface area contributed by atoms with Gasteiger partial charge in [-0.05, 0) is 0 Å². The van der Waals surface area contributed by atoms with Gasteiger partial charge < -0.3 is 20.7 Å². The van der Waals surface area contributed by atoms with Gasteiger partial charge in [-0.25, -0.2) is 14.6 Å². The predicted octanol–water partition coefficient (Wildman–Crippen LogP) is -0.232. The molecule has 0 saturated heterocycles. The summed E-state index contributed by atoms with van der Waals surface area (Å²) in [6, 6.07) is -1.75. The number of rotatable bonds is 5. The van der Waals surface area contributed by atoms with Gasteiger partial charge in [-0.2, -0.15) is 5.10 Å². The first kappa shape index (κ1) is 13.6. The van der Waals surface area contributed by atoms with Crippen LogP contribution in [-0.2, 0) is 18.4 Å². The van der Waals surface area contributed by atoms with Gasteiger partial charge in [0.05, 0.1) is 12.7 Å². The molecule has 4 N–H and O–H groups in total. The molecule has 0 aromatic carbocycles. The highest BCUT2D eigenvalue weighted by atomic mass is 16.4. The minimum absolute atomic E-state index is 0.179. The van der Waals surface area contributed by atoms with Crippen LogP contribution in [0.1, 0.15) is 17.4 Å². The second kappa shape index (κ2) is 5.87. The Balaban J connectivity index is 1.94. The summed E-state index contributed by atoms with van der Waals surface area (Å²) in [7, 11) is 1.67. The van der Waals surface area contributed by atoms with Crippen LogP contribution in [0.4, 0.5) is 4.79 Å². The Morgan fingerprint density at radius 3 is 2.90 bits per heavy atom. The van der Waals surface area contributed by atoms with Gasteiger partial charge in [0.1, 0.15) is 5.82 Å². The number of urea groups is 1. The van der Waals surface area contributed by atoms with Crippen LogP contribution in [0.5, 0.6) is 0 Å². The molecule has 0 aliphatic carbocycles. The normalized spacial score (nSPS) is 11.8. The first-order chi connectivity index (χ1) is 9.56. The highest BCUT2D eigenvalue weighted by Crippen LogP contribution is 2.11. The van der Waals surface area contributed by atoms with Crippen LogP contribution in [-0.4, -0.2) is 36.9 Å². The van der Waals surface area contributed by atoms with E-state index in [1.165, 1.54) is 17.1 Å². The summed E-state index contributed by atoms with van der Waals surface area (Å²) in [6.45, 7) is 0.179. The lowest BCUT2D eigenvalue weighted by molar-refractivity contribution is -0.139. The Kier molecular flexibility index (Phi) is 3.99. The number of nitrogens with zero attached hydrogens (tertiary/aromatic N) is 3. The van der Waals surface area contributed by atoms with Crippen molar-refractivity contribution >= 4 is 12.0 Å². The third-order valence-electron chi connectivity index (χ3n) is 2.55. The molecule has 2 rings (SSSR count). The summed E-state index contributed by atoms with van der Waals surface area (Å²) < 4.78 is 1.47. The predicted molar refractivity (Wildman–Crippen MR) is 67.5 cm³/mol. The summed E-state index contributed by atoms with van der Waals surface area (Å²) in [5, 5.41) is 17.9. The zero-order chi connectivity index (χ0) is 14.5. The van der Waals surface area contributed by atoms with Crippen molar-refractivity contribution < 1.29 is 14.7 Å². The highest BCUT2D eigenvalue weighted by molar-refractivity contribution is 5.83. The summed E-state index contributed by atoms with van der Waals surface area (Å²) in [5.74, 6) is -0.584. The second-order valence-electron chi connectivity index (χ2n) is 4.08. The lowest BCUT2D eigenvalue weighted by Crippen LogP contribution is -2.40. The fraction of sp³-hybridized carbons (Fsp3) is 0.273. The van der Waals surface area contributed by atoms with Crippen LogP contribution in [0.15, 0.2) is 24.8 Å². The smallest absolute Gasteiger partial charge is 0.331 e. The molecule has 0 bridgehead atoms. The molecule has 0 fully saturated rings. The summed E-state index contributed by atoms with van der Waals surface area (Å²) in [4.78, 5) is 29.6. The minimum atomic E-state index is -1.16. The molecular formula is C11H14N6O3. The maximum absolute atomic E-state index is 11.7. The number of carboxylic acids is 1. The van der Waals surface area contributed by atoms with Crippen molar-refractivity contribution in [2.24, 2.45) is 7.05 Å². The number of hydrogen-bond donors (Lipinski definition) is 4. The van der Waals surface area contributed by atoms with Crippen LogP contribution >= 0.6 is 0 Å². The number of hydrogen-bond acceptors (Lipinski definition) is 4. The number of amides is 2. The molecule has 0 spiro atoms. The molecular weight excluding hydrogens is 264 g/mol. The van der Waals surface area contributed by atoms with Crippen molar-refractivity contribution in [3.8, 4) is 0 Å². The number of carbonyl (C=O) groups excluding carboxylic acids is 1. The van der Waals surface area contributed by atoms with Gasteiger partial charge in [0, 0.05) is 31.2 Å². The Bertz CT molecular complexity index is 591. The van der Waals surface area contributed by atoms with Crippen molar-refractivity contribution in [3.05, 3.63) is 36.2 Å². The van der Waals surface area contributed by atoms with E-state index in [2.05, 4.69) is 25.7 Å². The van der Waals surface area contributed by atoms with Gasteiger partial charge in [0.2, 0.25) is 0 Å². The summed E-state index contributed by atoms with van der Waals surface area (Å²) in [6.07, 6.45) is 6.12. The monoisotopic (exact) mass is 278 g/mol. The van der Waals surface area contributed by atoms with E-state index in [0.29, 0.717) is 11.4 Å². The highest BCUT2D eigenvalue weighted by Gasteiger charge is 2.23. The SMILES string of the molecule is Cn1cc(C(NC(=O)NCc2ncc[nH]2)C(=O)O)cn1. The average Bonchev–Trinajstić information content (AvgIpc) is 3.04. The van der Waals surface area contributed by atoms with Gasteiger partial charge in [-0.3, -0.25) is 4.68 Å². The second-order valence-corrected chi connectivity index (χ2v) is 4.08. The fourth-order valence-electron chi connectivity index (χ4n) is 1.62. The standard InChI is InChI=1S/C11H14N6O3/c1-17-6-7(4-15-17)9(10(18)19)16-11(20)14-5-8-12-2-3-13-8/h2-4,6,9H,5H2,1H3,(H,12,13)(H,18,19)(H2,14,16,20). The average molecular weight is 278 g/mol. The number of imidazole rings is 1. The van der Waals surface area contributed by atoms with Crippen molar-refractivity contribution in [1.29, 1.82) is 0 Å². The van der Waals surface area contributed by atoms with Gasteiger partial charge >= 0.3 is 12.0 Å². The minimum Gasteiger partial charge on any atom is -0.479 e. The molecule has 0 aliphatic heterocycles. The maximum atomic E-state index is 11.7. The number of H-pyrrole nitrogens is 1. The zero-order valence-electron chi connectivity index (χ0n) is 10.7. The third kappa shape index (κ3) is 3.34. The van der Waals surface area contributed by atoms with E-state index in [4.69, 9.17) is 5.11 Å². The number of nitrogens with one attached hydrogen (secondary N) is 3. The third-order valence-corrected chi connectivity index (χ3v) is 2.55. The molecule has 2 heterocycles. The van der Waals surface area contributed by atoms with Crippen molar-refractivity contribution in [1.82, 2.24) is 30.4 Å². The molecule has 106 valence electrons. The number of aryl methyl sites for hydroxylation is 1.